The van der Waals surface area contributed by atoms with Gasteiger partial charge < -0.3 is 18.4 Å². The number of para-hydroxylation sites is 1. The van der Waals surface area contributed by atoms with Gasteiger partial charge in [0.15, 0.2) is 0 Å². The Morgan fingerprint density at radius 2 is 1.72 bits per heavy atom. The highest BCUT2D eigenvalue weighted by Gasteiger charge is 2.48. The molecule has 4 nitrogen and oxygen atoms in total. The van der Waals surface area contributed by atoms with Crippen LogP contribution in [0, 0.1) is 5.41 Å². The predicted octanol–water partition coefficient (Wildman–Crippen LogP) is 1.66. The summed E-state index contributed by atoms with van der Waals surface area (Å²) in [5.41, 5.74) is 1.46. The highest BCUT2D eigenvalue weighted by atomic mass is 16.8. The maximum absolute atomic E-state index is 5.81. The van der Waals surface area contributed by atoms with Crippen molar-refractivity contribution in [3.05, 3.63) is 30.3 Å². The van der Waals surface area contributed by atoms with E-state index in [-0.39, 0.29) is 5.41 Å². The van der Waals surface area contributed by atoms with Crippen LogP contribution in [-0.2, 0) is 14.0 Å². The highest BCUT2D eigenvalue weighted by Crippen LogP contribution is 2.35. The van der Waals surface area contributed by atoms with Crippen LogP contribution < -0.4 is 5.66 Å². The van der Waals surface area contributed by atoms with Gasteiger partial charge >= 0.3 is 6.75 Å². The zero-order chi connectivity index (χ0) is 12.2. The second-order valence-corrected chi connectivity index (χ2v) is 5.57. The van der Waals surface area contributed by atoms with E-state index in [2.05, 4.69) is 6.92 Å². The Labute approximate surface area is 105 Å². The van der Waals surface area contributed by atoms with E-state index in [9.17, 15) is 0 Å². The molecule has 3 saturated heterocycles. The number of hydrogen-bond acceptors (Lipinski definition) is 4. The van der Waals surface area contributed by atoms with Gasteiger partial charge in [0.2, 0.25) is 0 Å². The molecule has 0 unspecified atom stereocenters. The Morgan fingerprint density at radius 3 is 2.39 bits per heavy atom. The van der Waals surface area contributed by atoms with E-state index in [0.29, 0.717) is 25.5 Å². The molecule has 2 aromatic rings. The summed E-state index contributed by atoms with van der Waals surface area (Å²) >= 11 is 0. The van der Waals surface area contributed by atoms with Gasteiger partial charge in [-0.2, -0.15) is 0 Å². The molecule has 1 aromatic heterocycles. The van der Waals surface area contributed by atoms with Gasteiger partial charge in [-0.25, -0.2) is 0 Å². The molecule has 18 heavy (non-hydrogen) atoms. The predicted molar refractivity (Wildman–Crippen MR) is 67.6 cm³/mol. The highest BCUT2D eigenvalue weighted by molar-refractivity contribution is 6.74. The van der Waals surface area contributed by atoms with Crippen molar-refractivity contribution in [2.75, 3.05) is 19.8 Å². The summed E-state index contributed by atoms with van der Waals surface area (Å²) in [6.07, 6.45) is 0. The molecule has 0 saturated carbocycles. The van der Waals surface area contributed by atoms with Gasteiger partial charge in [-0.05, 0) is 12.1 Å². The molecule has 3 aliphatic heterocycles. The van der Waals surface area contributed by atoms with E-state index in [0.717, 1.165) is 11.0 Å². The van der Waals surface area contributed by atoms with E-state index >= 15 is 0 Å². The Kier molecular flexibility index (Phi) is 1.99. The van der Waals surface area contributed by atoms with Crippen molar-refractivity contribution in [3.63, 3.8) is 0 Å². The Bertz CT molecular complexity index is 548. The fourth-order valence-corrected chi connectivity index (χ4v) is 2.63. The summed E-state index contributed by atoms with van der Waals surface area (Å²) in [6, 6.07) is 9.81. The SMILES string of the molecule is CC12CO[B-](c3cc4ccccc4o3)(OC1)OC2. The quantitative estimate of drug-likeness (QED) is 0.716. The van der Waals surface area contributed by atoms with Gasteiger partial charge in [0, 0.05) is 36.3 Å². The second kappa shape index (κ2) is 3.38. The first kappa shape index (κ1) is 10.6. The third-order valence-corrected chi connectivity index (χ3v) is 3.75. The molecule has 1 aromatic carbocycles. The lowest BCUT2D eigenvalue weighted by Gasteiger charge is -2.56. The van der Waals surface area contributed by atoms with Crippen molar-refractivity contribution in [2.24, 2.45) is 5.41 Å². The van der Waals surface area contributed by atoms with E-state index < -0.39 is 6.75 Å². The Balaban J connectivity index is 1.78. The smallest absolute Gasteiger partial charge is 0.444 e. The average molecular weight is 245 g/mol. The van der Waals surface area contributed by atoms with E-state index in [1.165, 1.54) is 0 Å². The third kappa shape index (κ3) is 1.38. The minimum atomic E-state index is -1.87. The lowest BCUT2D eigenvalue weighted by molar-refractivity contribution is -0.121. The molecular weight excluding hydrogens is 231 g/mol. The van der Waals surface area contributed by atoms with Crippen LogP contribution in [0.25, 0.3) is 11.0 Å². The van der Waals surface area contributed by atoms with Crippen molar-refractivity contribution < 1.29 is 18.4 Å². The average Bonchev–Trinajstić information content (AvgIpc) is 2.84. The molecule has 4 heterocycles. The minimum absolute atomic E-state index is 0.0183. The molecule has 0 amide bonds. The van der Waals surface area contributed by atoms with Crippen molar-refractivity contribution >= 4 is 23.4 Å². The number of fused-ring (bicyclic) bond motifs is 4. The number of furan rings is 1. The molecule has 3 fully saturated rings. The largest absolute Gasteiger partial charge is 0.538 e. The second-order valence-electron chi connectivity index (χ2n) is 5.57. The maximum atomic E-state index is 5.81. The molecule has 5 rings (SSSR count). The van der Waals surface area contributed by atoms with Crippen LogP contribution in [0.2, 0.25) is 0 Å². The standard InChI is InChI=1S/C13H14BO4/c1-13-7-15-14(16-8-13,17-9-13)12-6-10-4-2-3-5-11(10)18-12/h2-6H,7-9H2,1H3/q-1. The normalized spacial score (nSPS) is 35.2. The van der Waals surface area contributed by atoms with Gasteiger partial charge in [-0.15, -0.1) is 0 Å². The summed E-state index contributed by atoms with van der Waals surface area (Å²) in [4.78, 5) is 0. The summed E-state index contributed by atoms with van der Waals surface area (Å²) in [5, 5.41) is 1.04. The summed E-state index contributed by atoms with van der Waals surface area (Å²) in [5.74, 6) is 0. The van der Waals surface area contributed by atoms with Crippen LogP contribution in [0.5, 0.6) is 0 Å². The van der Waals surface area contributed by atoms with E-state index in [1.807, 2.05) is 30.3 Å². The van der Waals surface area contributed by atoms with Gasteiger partial charge in [0.1, 0.15) is 5.58 Å². The van der Waals surface area contributed by atoms with Crippen molar-refractivity contribution in [2.45, 2.75) is 6.92 Å². The number of hydrogen-bond donors (Lipinski definition) is 0. The van der Waals surface area contributed by atoms with Gasteiger partial charge in [0.05, 0.1) is 0 Å². The van der Waals surface area contributed by atoms with Crippen molar-refractivity contribution in [1.29, 1.82) is 0 Å². The first-order chi connectivity index (χ1) is 8.69. The van der Waals surface area contributed by atoms with E-state index in [4.69, 9.17) is 18.4 Å². The van der Waals surface area contributed by atoms with Crippen LogP contribution in [0.1, 0.15) is 6.92 Å². The molecule has 3 aliphatic rings. The molecule has 0 atom stereocenters. The third-order valence-electron chi connectivity index (χ3n) is 3.75. The van der Waals surface area contributed by atoms with Crippen molar-refractivity contribution in [1.82, 2.24) is 0 Å². The van der Waals surface area contributed by atoms with Crippen LogP contribution in [0.4, 0.5) is 0 Å². The van der Waals surface area contributed by atoms with E-state index in [1.54, 1.807) is 0 Å². The molecular formula is C13H14BO4-. The topological polar surface area (TPSA) is 40.8 Å². The molecule has 0 spiro atoms. The molecule has 5 heteroatoms. The molecule has 94 valence electrons. The minimum Gasteiger partial charge on any atom is -0.538 e. The first-order valence-electron chi connectivity index (χ1n) is 6.24. The van der Waals surface area contributed by atoms with Crippen LogP contribution in [0.15, 0.2) is 34.7 Å². The van der Waals surface area contributed by atoms with Gasteiger partial charge in [0.25, 0.3) is 0 Å². The zero-order valence-electron chi connectivity index (χ0n) is 10.2. The molecule has 0 N–H and O–H groups in total. The summed E-state index contributed by atoms with van der Waals surface area (Å²) < 4.78 is 23.2. The molecule has 0 aliphatic carbocycles. The summed E-state index contributed by atoms with van der Waals surface area (Å²) in [7, 11) is 0. The number of rotatable bonds is 1. The molecule has 0 radical (unpaired) electrons. The van der Waals surface area contributed by atoms with Gasteiger partial charge in [-0.1, -0.05) is 25.1 Å². The lowest BCUT2D eigenvalue weighted by Crippen LogP contribution is -2.68. The fourth-order valence-electron chi connectivity index (χ4n) is 2.63. The zero-order valence-corrected chi connectivity index (χ0v) is 10.2. The van der Waals surface area contributed by atoms with Gasteiger partial charge in [-0.3, -0.25) is 0 Å². The first-order valence-corrected chi connectivity index (χ1v) is 6.24. The Morgan fingerprint density at radius 1 is 1.06 bits per heavy atom. The fraction of sp³-hybridized carbons (Fsp3) is 0.385. The summed E-state index contributed by atoms with van der Waals surface area (Å²) in [6.45, 7) is 2.20. The number of benzene rings is 1. The van der Waals surface area contributed by atoms with Crippen molar-refractivity contribution in [3.8, 4) is 0 Å². The Hall–Kier alpha value is -1.30. The molecule has 2 bridgehead atoms. The van der Waals surface area contributed by atoms with Crippen LogP contribution in [-0.4, -0.2) is 26.6 Å². The van der Waals surface area contributed by atoms with Crippen LogP contribution >= 0.6 is 0 Å². The lowest BCUT2D eigenvalue weighted by atomic mass is 9.68. The van der Waals surface area contributed by atoms with Crippen LogP contribution in [0.3, 0.4) is 0 Å². The monoisotopic (exact) mass is 245 g/mol. The maximum Gasteiger partial charge on any atom is 0.444 e.